The van der Waals surface area contributed by atoms with Crippen LogP contribution in [0.1, 0.15) is 22.8 Å². The van der Waals surface area contributed by atoms with Gasteiger partial charge in [-0.25, -0.2) is 4.39 Å². The fraction of sp³-hybridized carbons (Fsp3) is 0.125. The Bertz CT molecular complexity index is 913. The Kier molecular flexibility index (Phi) is 3.77. The zero-order valence-electron chi connectivity index (χ0n) is 11.9. The zero-order valence-corrected chi connectivity index (χ0v) is 12.7. The summed E-state index contributed by atoms with van der Waals surface area (Å²) in [6.07, 6.45) is 0.874. The third-order valence-electron chi connectivity index (χ3n) is 3.43. The van der Waals surface area contributed by atoms with Crippen molar-refractivity contribution in [1.29, 1.82) is 0 Å². The second-order valence-corrected chi connectivity index (χ2v) is 5.37. The smallest absolute Gasteiger partial charge is 0.257 e. The molecule has 112 valence electrons. The monoisotopic (exact) mass is 315 g/mol. The number of aromatic amines is 2. The van der Waals surface area contributed by atoms with E-state index in [9.17, 15) is 9.18 Å². The minimum atomic E-state index is -0.495. The predicted octanol–water partition coefficient (Wildman–Crippen LogP) is 4.18. The molecule has 0 spiro atoms. The van der Waals surface area contributed by atoms with Crippen molar-refractivity contribution in [3.8, 4) is 0 Å². The molecule has 3 N–H and O–H groups in total. The van der Waals surface area contributed by atoms with Crippen LogP contribution in [0.15, 0.2) is 36.4 Å². The van der Waals surface area contributed by atoms with E-state index in [-0.39, 0.29) is 11.5 Å². The number of hydrogen-bond acceptors (Lipinski definition) is 2. The molecule has 0 atom stereocenters. The lowest BCUT2D eigenvalue weighted by atomic mass is 10.1. The summed E-state index contributed by atoms with van der Waals surface area (Å²) in [5.41, 5.74) is 2.97. The Morgan fingerprint density at radius 1 is 1.27 bits per heavy atom. The average molecular weight is 315 g/mol. The molecular formula is C16H14FN3OS. The zero-order chi connectivity index (χ0) is 15.7. The Morgan fingerprint density at radius 3 is 2.86 bits per heavy atom. The number of halogens is 1. The summed E-state index contributed by atoms with van der Waals surface area (Å²) >= 11 is 5.00. The van der Waals surface area contributed by atoms with Gasteiger partial charge in [0.25, 0.3) is 5.91 Å². The number of fused-ring (bicyclic) bond motifs is 1. The second kappa shape index (κ2) is 5.73. The number of H-pyrrole nitrogens is 2. The molecule has 0 saturated carbocycles. The molecular weight excluding hydrogens is 301 g/mol. The van der Waals surface area contributed by atoms with E-state index in [4.69, 9.17) is 12.2 Å². The van der Waals surface area contributed by atoms with Crippen LogP contribution in [0.25, 0.3) is 11.0 Å². The molecule has 0 radical (unpaired) electrons. The van der Waals surface area contributed by atoms with Crippen LogP contribution in [0.5, 0.6) is 0 Å². The van der Waals surface area contributed by atoms with Crippen LogP contribution >= 0.6 is 12.2 Å². The lowest BCUT2D eigenvalue weighted by Gasteiger charge is -2.08. The highest BCUT2D eigenvalue weighted by Crippen LogP contribution is 2.20. The largest absolute Gasteiger partial charge is 0.331 e. The SMILES string of the molecule is CCc1cccc(NC(=O)c2cc(F)cc3[nH]c(=S)[nH]c23)c1. The van der Waals surface area contributed by atoms with Crippen molar-refractivity contribution >= 4 is 34.8 Å². The van der Waals surface area contributed by atoms with Crippen LogP contribution in [-0.2, 0) is 6.42 Å². The average Bonchev–Trinajstić information content (AvgIpc) is 2.86. The number of hydrogen-bond donors (Lipinski definition) is 3. The summed E-state index contributed by atoms with van der Waals surface area (Å²) in [5.74, 6) is -0.881. The van der Waals surface area contributed by atoms with Gasteiger partial charge in [-0.05, 0) is 48.5 Å². The van der Waals surface area contributed by atoms with Gasteiger partial charge >= 0.3 is 0 Å². The molecule has 1 heterocycles. The number of carbonyl (C=O) groups excluding carboxylic acids is 1. The molecule has 2 aromatic carbocycles. The number of anilines is 1. The van der Waals surface area contributed by atoms with Crippen molar-refractivity contribution in [2.45, 2.75) is 13.3 Å². The molecule has 0 aliphatic carbocycles. The van der Waals surface area contributed by atoms with Crippen LogP contribution in [0, 0.1) is 10.6 Å². The van der Waals surface area contributed by atoms with Crippen molar-refractivity contribution < 1.29 is 9.18 Å². The number of imidazole rings is 1. The number of rotatable bonds is 3. The van der Waals surface area contributed by atoms with Gasteiger partial charge in [-0.1, -0.05) is 19.1 Å². The molecule has 4 nitrogen and oxygen atoms in total. The summed E-state index contributed by atoms with van der Waals surface area (Å²) < 4.78 is 14.0. The first kappa shape index (κ1) is 14.5. The maximum absolute atomic E-state index is 13.7. The highest BCUT2D eigenvalue weighted by molar-refractivity contribution is 7.71. The minimum Gasteiger partial charge on any atom is -0.331 e. The molecule has 1 amide bonds. The van der Waals surface area contributed by atoms with Gasteiger partial charge in [-0.15, -0.1) is 0 Å². The fourth-order valence-electron chi connectivity index (χ4n) is 2.35. The molecule has 0 aliphatic heterocycles. The van der Waals surface area contributed by atoms with Gasteiger partial charge in [-0.2, -0.15) is 0 Å². The number of aryl methyl sites for hydroxylation is 1. The number of amides is 1. The number of aromatic nitrogens is 2. The van der Waals surface area contributed by atoms with Crippen LogP contribution in [0.2, 0.25) is 0 Å². The lowest BCUT2D eigenvalue weighted by Crippen LogP contribution is -2.13. The van der Waals surface area contributed by atoms with E-state index in [0.29, 0.717) is 21.5 Å². The Hall–Kier alpha value is -2.47. The van der Waals surface area contributed by atoms with Gasteiger partial charge in [0.05, 0.1) is 16.6 Å². The molecule has 0 saturated heterocycles. The van der Waals surface area contributed by atoms with Crippen LogP contribution in [0.3, 0.4) is 0 Å². The van der Waals surface area contributed by atoms with Crippen molar-refractivity contribution in [3.63, 3.8) is 0 Å². The number of benzene rings is 2. The Balaban J connectivity index is 1.99. The minimum absolute atomic E-state index is 0.212. The molecule has 0 unspecified atom stereocenters. The fourth-order valence-corrected chi connectivity index (χ4v) is 2.57. The number of nitrogens with one attached hydrogen (secondary N) is 3. The first-order chi connectivity index (χ1) is 10.6. The molecule has 6 heteroatoms. The van der Waals surface area contributed by atoms with Gasteiger partial charge in [0.1, 0.15) is 5.82 Å². The van der Waals surface area contributed by atoms with E-state index < -0.39 is 5.82 Å². The molecule has 3 aromatic rings. The van der Waals surface area contributed by atoms with Crippen molar-refractivity contribution in [1.82, 2.24) is 9.97 Å². The van der Waals surface area contributed by atoms with Crippen molar-refractivity contribution in [3.05, 3.63) is 58.1 Å². The van der Waals surface area contributed by atoms with E-state index in [1.807, 2.05) is 25.1 Å². The van der Waals surface area contributed by atoms with E-state index in [1.165, 1.54) is 12.1 Å². The number of carbonyl (C=O) groups is 1. The standard InChI is InChI=1S/C16H14FN3OS/c1-2-9-4-3-5-11(6-9)18-15(21)12-7-10(17)8-13-14(12)20-16(22)19-13/h3-8H,2H2,1H3,(H,18,21)(H2,19,20,22). The topological polar surface area (TPSA) is 60.7 Å². The summed E-state index contributed by atoms with van der Waals surface area (Å²) in [6, 6.07) is 10.1. The van der Waals surface area contributed by atoms with Crippen LogP contribution < -0.4 is 5.32 Å². The summed E-state index contributed by atoms with van der Waals surface area (Å²) in [6.45, 7) is 2.04. The Morgan fingerprint density at radius 2 is 2.09 bits per heavy atom. The third-order valence-corrected chi connectivity index (χ3v) is 3.63. The first-order valence-electron chi connectivity index (χ1n) is 6.88. The molecule has 22 heavy (non-hydrogen) atoms. The second-order valence-electron chi connectivity index (χ2n) is 4.96. The molecule has 3 rings (SSSR count). The summed E-state index contributed by atoms with van der Waals surface area (Å²) in [7, 11) is 0. The summed E-state index contributed by atoms with van der Waals surface area (Å²) in [5, 5.41) is 2.79. The van der Waals surface area contributed by atoms with Crippen LogP contribution in [-0.4, -0.2) is 15.9 Å². The van der Waals surface area contributed by atoms with E-state index in [1.54, 1.807) is 6.07 Å². The first-order valence-corrected chi connectivity index (χ1v) is 7.29. The van der Waals surface area contributed by atoms with E-state index in [2.05, 4.69) is 15.3 Å². The van der Waals surface area contributed by atoms with Crippen molar-refractivity contribution in [2.75, 3.05) is 5.32 Å². The maximum Gasteiger partial charge on any atom is 0.257 e. The van der Waals surface area contributed by atoms with Crippen LogP contribution in [0.4, 0.5) is 10.1 Å². The Labute approximate surface area is 131 Å². The normalized spacial score (nSPS) is 10.8. The maximum atomic E-state index is 13.7. The predicted molar refractivity (Wildman–Crippen MR) is 87.2 cm³/mol. The van der Waals surface area contributed by atoms with Gasteiger partial charge in [-0.3, -0.25) is 4.79 Å². The quantitative estimate of drug-likeness (QED) is 0.635. The van der Waals surface area contributed by atoms with E-state index >= 15 is 0 Å². The highest BCUT2D eigenvalue weighted by atomic mass is 32.1. The van der Waals surface area contributed by atoms with Gasteiger partial charge in [0.15, 0.2) is 4.77 Å². The third kappa shape index (κ3) is 2.78. The molecule has 1 aromatic heterocycles. The van der Waals surface area contributed by atoms with Gasteiger partial charge in [0, 0.05) is 5.69 Å². The van der Waals surface area contributed by atoms with Gasteiger partial charge < -0.3 is 15.3 Å². The lowest BCUT2D eigenvalue weighted by molar-refractivity contribution is 0.102. The van der Waals surface area contributed by atoms with E-state index in [0.717, 1.165) is 12.0 Å². The highest BCUT2D eigenvalue weighted by Gasteiger charge is 2.14. The summed E-state index contributed by atoms with van der Waals surface area (Å²) in [4.78, 5) is 18.1. The van der Waals surface area contributed by atoms with Crippen molar-refractivity contribution in [2.24, 2.45) is 0 Å². The molecule has 0 bridgehead atoms. The molecule has 0 fully saturated rings. The van der Waals surface area contributed by atoms with Gasteiger partial charge in [0.2, 0.25) is 0 Å². The molecule has 0 aliphatic rings.